The van der Waals surface area contributed by atoms with Gasteiger partial charge in [0, 0.05) is 12.4 Å². The fraction of sp³-hybridized carbons (Fsp3) is 0.400. The maximum atomic E-state index is 12.0. The maximum Gasteiger partial charge on any atom is 0.319 e. The predicted molar refractivity (Wildman–Crippen MR) is 41.2 cm³/mol. The Labute approximate surface area is 70.4 Å². The summed E-state index contributed by atoms with van der Waals surface area (Å²) in [6.07, 6.45) is 2.65. The lowest BCUT2D eigenvalue weighted by molar-refractivity contribution is 0.0679. The second-order valence-corrected chi connectivity index (χ2v) is 2.42. The Hall–Kier alpha value is -0.200. The van der Waals surface area contributed by atoms with Crippen LogP contribution in [0.3, 0.4) is 0 Å². The van der Waals surface area contributed by atoms with Crippen molar-refractivity contribution in [2.24, 2.45) is 0 Å². The number of halogens is 3. The highest BCUT2D eigenvalue weighted by Crippen LogP contribution is 2.13. The van der Waals surface area contributed by atoms with Crippen molar-refractivity contribution in [2.45, 2.75) is 11.0 Å². The van der Waals surface area contributed by atoms with Crippen LogP contribution in [0.4, 0.5) is 8.78 Å². The first-order chi connectivity index (χ1) is 4.75. The third-order valence-electron chi connectivity index (χ3n) is 1.08. The van der Waals surface area contributed by atoms with Crippen LogP contribution in [0.5, 0.6) is 0 Å². The molecule has 2 nitrogen and oxygen atoms in total. The van der Waals surface area contributed by atoms with E-state index in [9.17, 15) is 8.78 Å². The zero-order valence-electron chi connectivity index (χ0n) is 4.97. The summed E-state index contributed by atoms with van der Waals surface area (Å²) < 4.78 is 25.3. The van der Waals surface area contributed by atoms with E-state index in [0.717, 1.165) is 4.57 Å². The summed E-state index contributed by atoms with van der Waals surface area (Å²) in [6.45, 7) is -2.47. The van der Waals surface area contributed by atoms with Crippen LogP contribution in [0, 0.1) is 0 Å². The number of imidazole rings is 1. The molecule has 1 aromatic rings. The summed E-state index contributed by atoms with van der Waals surface area (Å²) in [6, 6.07) is 0. The van der Waals surface area contributed by atoms with Crippen LogP contribution in [-0.4, -0.2) is 9.55 Å². The fourth-order valence-electron chi connectivity index (χ4n) is 0.625. The molecule has 0 unspecified atom stereocenters. The highest BCUT2D eigenvalue weighted by atomic mass is 127. The third-order valence-corrected chi connectivity index (χ3v) is 1.76. The minimum absolute atomic E-state index is 0.413. The summed E-state index contributed by atoms with van der Waals surface area (Å²) in [5.74, 6) is 0.413. The minimum atomic E-state index is -2.47. The first-order valence-corrected chi connectivity index (χ1v) is 4.14. The number of rotatable bonds is 2. The van der Waals surface area contributed by atoms with Crippen molar-refractivity contribution in [3.63, 3.8) is 0 Å². The van der Waals surface area contributed by atoms with Crippen LogP contribution < -0.4 is 0 Å². The summed E-state index contributed by atoms with van der Waals surface area (Å²) in [5, 5.41) is 0. The maximum absolute atomic E-state index is 12.0. The molecule has 0 saturated carbocycles. The van der Waals surface area contributed by atoms with E-state index in [1.165, 1.54) is 12.4 Å². The normalized spacial score (nSPS) is 10.8. The van der Waals surface area contributed by atoms with Crippen molar-refractivity contribution in [3.05, 3.63) is 18.2 Å². The van der Waals surface area contributed by atoms with Gasteiger partial charge >= 0.3 is 6.55 Å². The molecule has 0 atom stereocenters. The van der Waals surface area contributed by atoms with Crippen molar-refractivity contribution < 1.29 is 8.78 Å². The van der Waals surface area contributed by atoms with Crippen molar-refractivity contribution in [3.8, 4) is 0 Å². The molecule has 0 saturated heterocycles. The standard InChI is InChI=1S/C5H5F2IN2/c6-5(7)10-2-1-9-4(10)3-8/h1-2,5H,3H2. The van der Waals surface area contributed by atoms with E-state index in [0.29, 0.717) is 10.3 Å². The second-order valence-electron chi connectivity index (χ2n) is 1.66. The number of alkyl halides is 3. The van der Waals surface area contributed by atoms with Crippen LogP contribution >= 0.6 is 22.6 Å². The highest BCUT2D eigenvalue weighted by molar-refractivity contribution is 14.1. The lowest BCUT2D eigenvalue weighted by Gasteiger charge is -2.01. The van der Waals surface area contributed by atoms with Gasteiger partial charge in [0.25, 0.3) is 0 Å². The Morgan fingerprint density at radius 2 is 2.40 bits per heavy atom. The first kappa shape index (κ1) is 7.90. The SMILES string of the molecule is FC(F)n1ccnc1CI. The topological polar surface area (TPSA) is 17.8 Å². The molecule has 0 fully saturated rings. The molecule has 0 amide bonds. The van der Waals surface area contributed by atoms with Gasteiger partial charge in [-0.1, -0.05) is 22.6 Å². The van der Waals surface area contributed by atoms with Gasteiger partial charge in [-0.3, -0.25) is 4.57 Å². The molecule has 1 aromatic heterocycles. The largest absolute Gasteiger partial charge is 0.319 e. The fourth-order valence-corrected chi connectivity index (χ4v) is 1.22. The van der Waals surface area contributed by atoms with Gasteiger partial charge in [-0.05, 0) is 0 Å². The van der Waals surface area contributed by atoms with Gasteiger partial charge in [0.1, 0.15) is 5.82 Å². The van der Waals surface area contributed by atoms with Crippen LogP contribution in [0.25, 0.3) is 0 Å². The molecule has 0 aliphatic rings. The smallest absolute Gasteiger partial charge is 0.277 e. The summed E-state index contributed by atoms with van der Waals surface area (Å²) in [5.41, 5.74) is 0. The van der Waals surface area contributed by atoms with Gasteiger partial charge in [-0.25, -0.2) is 4.98 Å². The molecule has 1 heterocycles. The van der Waals surface area contributed by atoms with Crippen LogP contribution in [-0.2, 0) is 4.43 Å². The monoisotopic (exact) mass is 258 g/mol. The van der Waals surface area contributed by atoms with Gasteiger partial charge < -0.3 is 0 Å². The molecule has 5 heteroatoms. The van der Waals surface area contributed by atoms with Gasteiger partial charge in [-0.2, -0.15) is 8.78 Å². The lowest BCUT2D eigenvalue weighted by atomic mass is 10.7. The number of nitrogens with zero attached hydrogens (tertiary/aromatic N) is 2. The zero-order valence-corrected chi connectivity index (χ0v) is 7.12. The molecule has 0 radical (unpaired) electrons. The van der Waals surface area contributed by atoms with Gasteiger partial charge in [0.15, 0.2) is 0 Å². The Morgan fingerprint density at radius 1 is 1.70 bits per heavy atom. The predicted octanol–water partition coefficient (Wildman–Crippen LogP) is 2.21. The molecule has 0 aromatic carbocycles. The van der Waals surface area contributed by atoms with Crippen LogP contribution in [0.15, 0.2) is 12.4 Å². The van der Waals surface area contributed by atoms with E-state index in [2.05, 4.69) is 4.98 Å². The van der Waals surface area contributed by atoms with Crippen molar-refractivity contribution in [1.82, 2.24) is 9.55 Å². The van der Waals surface area contributed by atoms with E-state index in [1.807, 2.05) is 22.6 Å². The number of hydrogen-bond acceptors (Lipinski definition) is 1. The molecular weight excluding hydrogens is 253 g/mol. The van der Waals surface area contributed by atoms with Gasteiger partial charge in [0.05, 0.1) is 4.43 Å². The van der Waals surface area contributed by atoms with E-state index >= 15 is 0 Å². The quantitative estimate of drug-likeness (QED) is 0.587. The number of aromatic nitrogens is 2. The Kier molecular flexibility index (Phi) is 2.58. The molecular formula is C5H5F2IN2. The number of hydrogen-bond donors (Lipinski definition) is 0. The van der Waals surface area contributed by atoms with E-state index < -0.39 is 6.55 Å². The van der Waals surface area contributed by atoms with Crippen LogP contribution in [0.2, 0.25) is 0 Å². The Morgan fingerprint density at radius 3 is 2.80 bits per heavy atom. The molecule has 0 N–H and O–H groups in total. The van der Waals surface area contributed by atoms with Crippen molar-refractivity contribution >= 4 is 22.6 Å². The molecule has 0 aliphatic heterocycles. The van der Waals surface area contributed by atoms with E-state index in [-0.39, 0.29) is 0 Å². The summed E-state index contributed by atoms with van der Waals surface area (Å²) in [7, 11) is 0. The molecule has 1 rings (SSSR count). The van der Waals surface area contributed by atoms with E-state index in [1.54, 1.807) is 0 Å². The second kappa shape index (κ2) is 3.27. The molecule has 0 aliphatic carbocycles. The first-order valence-electron chi connectivity index (χ1n) is 2.61. The summed E-state index contributed by atoms with van der Waals surface area (Å²) in [4.78, 5) is 3.73. The van der Waals surface area contributed by atoms with Crippen LogP contribution in [0.1, 0.15) is 12.4 Å². The minimum Gasteiger partial charge on any atom is -0.277 e. The zero-order chi connectivity index (χ0) is 7.56. The summed E-state index contributed by atoms with van der Waals surface area (Å²) >= 11 is 1.99. The van der Waals surface area contributed by atoms with Gasteiger partial charge in [0.2, 0.25) is 0 Å². The van der Waals surface area contributed by atoms with E-state index in [4.69, 9.17) is 0 Å². The molecule has 0 bridgehead atoms. The Bertz CT molecular complexity index is 211. The lowest BCUT2D eigenvalue weighted by Crippen LogP contribution is -2.00. The van der Waals surface area contributed by atoms with Gasteiger partial charge in [-0.15, -0.1) is 0 Å². The average Bonchev–Trinajstić information content (AvgIpc) is 2.33. The van der Waals surface area contributed by atoms with Crippen molar-refractivity contribution in [2.75, 3.05) is 0 Å². The Balaban J connectivity index is 2.90. The average molecular weight is 258 g/mol. The molecule has 56 valence electrons. The molecule has 0 spiro atoms. The highest BCUT2D eigenvalue weighted by Gasteiger charge is 2.08. The third kappa shape index (κ3) is 1.44. The molecule has 10 heavy (non-hydrogen) atoms. The van der Waals surface area contributed by atoms with Crippen molar-refractivity contribution in [1.29, 1.82) is 0 Å².